The fraction of sp³-hybridized carbons (Fsp3) is 0.848. The summed E-state index contributed by atoms with van der Waals surface area (Å²) in [5.74, 6) is -2.52. The molecule has 64 heavy (non-hydrogen) atoms. The Hall–Kier alpha value is -2.59. The fourth-order valence-corrected chi connectivity index (χ4v) is 9.93. The maximum atomic E-state index is 14.5. The number of likely N-dealkylation sites (N-methyl/N-ethyl adjacent to an activating group) is 1. The maximum absolute atomic E-state index is 14.5. The van der Waals surface area contributed by atoms with E-state index in [-0.39, 0.29) is 49.6 Å². The van der Waals surface area contributed by atoms with E-state index in [1.165, 1.54) is 38.3 Å². The number of nitro benzene ring substituents is 1. The third-order valence-electron chi connectivity index (χ3n) is 14.0. The van der Waals surface area contributed by atoms with Crippen molar-refractivity contribution in [2.75, 3.05) is 33.8 Å². The number of cyclic esters (lactones) is 1. The Morgan fingerprint density at radius 2 is 1.62 bits per heavy atom. The third kappa shape index (κ3) is 12.3. The summed E-state index contributed by atoms with van der Waals surface area (Å²) in [6.45, 7) is 20.7. The lowest BCUT2D eigenvalue weighted by atomic mass is 9.75. The molecule has 0 amide bonds. The highest BCUT2D eigenvalue weighted by Crippen LogP contribution is 2.43. The van der Waals surface area contributed by atoms with Crippen molar-refractivity contribution in [2.45, 2.75) is 198 Å². The van der Waals surface area contributed by atoms with Crippen molar-refractivity contribution >= 4 is 11.7 Å². The number of nitrogens with zero attached hydrogens (tertiary/aromatic N) is 1. The van der Waals surface area contributed by atoms with Crippen molar-refractivity contribution in [3.63, 3.8) is 0 Å². The second-order valence-corrected chi connectivity index (χ2v) is 19.4. The molecule has 0 spiro atoms. The summed E-state index contributed by atoms with van der Waals surface area (Å²) in [4.78, 5) is 25.5. The minimum Gasteiger partial charge on any atom is -0.483 e. The number of esters is 1. The first-order valence-corrected chi connectivity index (χ1v) is 23.1. The molecular weight excluding hydrogens is 833 g/mol. The molecule has 3 aliphatic heterocycles. The van der Waals surface area contributed by atoms with E-state index in [0.29, 0.717) is 25.3 Å². The number of carbonyl (C=O) groups excluding carboxylic acids is 1. The second kappa shape index (κ2) is 22.5. The van der Waals surface area contributed by atoms with E-state index in [4.69, 9.17) is 33.2 Å². The minimum absolute atomic E-state index is 0.0579. The molecule has 1 aromatic carbocycles. The summed E-state index contributed by atoms with van der Waals surface area (Å²) in [6.07, 6.45) is -6.99. The smallest absolute Gasteiger partial charge is 0.311 e. The van der Waals surface area contributed by atoms with Gasteiger partial charge in [-0.25, -0.2) is 0 Å². The van der Waals surface area contributed by atoms with Gasteiger partial charge in [0.25, 0.3) is 5.69 Å². The molecule has 3 heterocycles. The monoisotopic (exact) mass is 913 g/mol. The van der Waals surface area contributed by atoms with Crippen LogP contribution in [0.5, 0.6) is 5.75 Å². The van der Waals surface area contributed by atoms with Crippen molar-refractivity contribution < 1.29 is 63.3 Å². The summed E-state index contributed by atoms with van der Waals surface area (Å²) in [7, 11) is 3.31. The Bertz CT molecular complexity index is 1640. The van der Waals surface area contributed by atoms with Gasteiger partial charge >= 0.3 is 5.97 Å². The third-order valence-corrected chi connectivity index (χ3v) is 14.0. The lowest BCUT2D eigenvalue weighted by molar-refractivity contribution is -0.384. The zero-order chi connectivity index (χ0) is 47.9. The highest BCUT2D eigenvalue weighted by Gasteiger charge is 2.58. The number of nitrogens with one attached hydrogen (secondary N) is 3. The number of rotatable bonds is 14. The number of non-ortho nitro benzene ring substituents is 1. The summed E-state index contributed by atoms with van der Waals surface area (Å²) in [6, 6.07) is 4.76. The van der Waals surface area contributed by atoms with Crippen molar-refractivity contribution in [1.29, 1.82) is 0 Å². The van der Waals surface area contributed by atoms with Gasteiger partial charge in [0.1, 0.15) is 34.8 Å². The van der Waals surface area contributed by atoms with Gasteiger partial charge in [0.2, 0.25) is 0 Å². The van der Waals surface area contributed by atoms with Crippen LogP contribution in [0.25, 0.3) is 0 Å². The fourth-order valence-electron chi connectivity index (χ4n) is 9.93. The molecule has 0 saturated carbocycles. The molecular formula is C46H80N4O14. The van der Waals surface area contributed by atoms with Crippen LogP contribution < -0.4 is 20.7 Å². The van der Waals surface area contributed by atoms with Gasteiger partial charge in [0.05, 0.1) is 46.9 Å². The van der Waals surface area contributed by atoms with Crippen LogP contribution in [-0.2, 0) is 33.2 Å². The molecule has 18 nitrogen and oxygen atoms in total. The molecule has 0 radical (unpaired) electrons. The predicted octanol–water partition coefficient (Wildman–Crippen LogP) is 3.58. The van der Waals surface area contributed by atoms with Gasteiger partial charge in [-0.2, -0.15) is 0 Å². The minimum atomic E-state index is -1.85. The van der Waals surface area contributed by atoms with Crippen LogP contribution in [0.15, 0.2) is 24.3 Å². The molecule has 18 atom stereocenters. The Balaban J connectivity index is 1.85. The molecule has 4 rings (SSSR count). The molecule has 10 unspecified atom stereocenters. The quantitative estimate of drug-likeness (QED) is 0.0611. The maximum Gasteiger partial charge on any atom is 0.311 e. The van der Waals surface area contributed by atoms with Crippen molar-refractivity contribution in [2.24, 2.45) is 17.8 Å². The Morgan fingerprint density at radius 1 is 0.969 bits per heavy atom. The van der Waals surface area contributed by atoms with E-state index in [1.54, 1.807) is 48.6 Å². The number of hydrogen-bond acceptors (Lipinski definition) is 17. The van der Waals surface area contributed by atoms with Gasteiger partial charge in [-0.3, -0.25) is 14.9 Å². The predicted molar refractivity (Wildman–Crippen MR) is 239 cm³/mol. The van der Waals surface area contributed by atoms with E-state index >= 15 is 0 Å². The van der Waals surface area contributed by atoms with Crippen molar-refractivity contribution in [3.8, 4) is 5.75 Å². The number of carbonyl (C=O) groups is 1. The molecule has 3 fully saturated rings. The van der Waals surface area contributed by atoms with Crippen LogP contribution in [0.1, 0.15) is 108 Å². The van der Waals surface area contributed by atoms with Crippen LogP contribution in [0.3, 0.4) is 0 Å². The largest absolute Gasteiger partial charge is 0.483 e. The Kier molecular flexibility index (Phi) is 19.0. The highest BCUT2D eigenvalue weighted by molar-refractivity contribution is 5.73. The van der Waals surface area contributed by atoms with Gasteiger partial charge in [0.15, 0.2) is 18.7 Å². The first kappa shape index (κ1) is 54.0. The second-order valence-electron chi connectivity index (χ2n) is 19.4. The number of methoxy groups -OCH3 is 1. The molecule has 0 bridgehead atoms. The van der Waals surface area contributed by atoms with Crippen LogP contribution in [-0.4, -0.2) is 155 Å². The molecule has 1 aromatic rings. The summed E-state index contributed by atoms with van der Waals surface area (Å²) in [5, 5.41) is 69.6. The number of benzene rings is 1. The lowest BCUT2D eigenvalue weighted by Crippen LogP contribution is -2.70. The average Bonchev–Trinajstić information content (AvgIpc) is 3.24. The van der Waals surface area contributed by atoms with Crippen molar-refractivity contribution in [3.05, 3.63) is 34.4 Å². The molecule has 3 aliphatic rings. The molecule has 18 heteroatoms. The first-order chi connectivity index (χ1) is 29.9. The van der Waals surface area contributed by atoms with Gasteiger partial charge in [-0.05, 0) is 112 Å². The number of aliphatic hydroxyl groups excluding tert-OH is 1. The summed E-state index contributed by atoms with van der Waals surface area (Å²) < 4.78 is 45.6. The van der Waals surface area contributed by atoms with Gasteiger partial charge in [-0.1, -0.05) is 27.7 Å². The van der Waals surface area contributed by atoms with Gasteiger partial charge in [0, 0.05) is 44.2 Å². The topological polar surface area (TPSA) is 242 Å². The van der Waals surface area contributed by atoms with Crippen LogP contribution in [0.2, 0.25) is 0 Å². The van der Waals surface area contributed by atoms with E-state index in [1.807, 2.05) is 27.7 Å². The average molecular weight is 913 g/mol. The number of ether oxygens (including phenoxy) is 7. The molecule has 0 aliphatic carbocycles. The highest BCUT2D eigenvalue weighted by atomic mass is 16.7. The van der Waals surface area contributed by atoms with Crippen LogP contribution in [0, 0.1) is 27.9 Å². The van der Waals surface area contributed by atoms with E-state index in [0.717, 1.165) is 6.42 Å². The van der Waals surface area contributed by atoms with Crippen molar-refractivity contribution in [1.82, 2.24) is 16.0 Å². The standard InChI is InChI=1S/C46H80N4O14/c1-14-20-48-25-46(55)31(8)60-36(23-44(46,10)58-13)63-37-28(5)40(64-42-38(34(47-12)21-27(4)59-42)61-33-18-16-32(17-19-33)50(56)57)43(9,53)22-26(3)24-49-30(7)39(51)45(11,54)35(15-2)62-41(52)29(37)6/h16-19,26-31,34-40,42,47-49,51,53-55H,14-15,20-25H2,1-13H3/t26?,27-,28?,29?,30?,31+,34+,35?,36+,37?,38-,39?,40?,42+,43?,44-,45?,46+/m1/s1. The molecule has 368 valence electrons. The van der Waals surface area contributed by atoms with E-state index in [9.17, 15) is 35.3 Å². The zero-order valence-corrected chi connectivity index (χ0v) is 40.4. The van der Waals surface area contributed by atoms with Crippen LogP contribution >= 0.6 is 0 Å². The van der Waals surface area contributed by atoms with Crippen LogP contribution in [0.4, 0.5) is 5.69 Å². The lowest BCUT2D eigenvalue weighted by Gasteiger charge is -2.53. The Labute approximate surface area is 379 Å². The number of hydrogen-bond donors (Lipinski definition) is 7. The Morgan fingerprint density at radius 3 is 2.20 bits per heavy atom. The normalized spacial score (nSPS) is 43.1. The van der Waals surface area contributed by atoms with Gasteiger partial charge in [-0.15, -0.1) is 0 Å². The van der Waals surface area contributed by atoms with Gasteiger partial charge < -0.3 is 69.5 Å². The zero-order valence-electron chi connectivity index (χ0n) is 40.4. The summed E-state index contributed by atoms with van der Waals surface area (Å²) in [5.41, 5.74) is -6.24. The molecule has 3 saturated heterocycles. The number of aliphatic hydroxyl groups is 4. The van der Waals surface area contributed by atoms with E-state index < -0.39 is 100 Å². The number of nitro groups is 1. The molecule has 7 N–H and O–H groups in total. The SMILES string of the molecule is CCCNC[C@]1(O)[C@H](C)O[C@@H](OC2C(C)C(=O)OC(CC)C(C)(O)C(O)C(C)NCC(C)CC(C)(O)C(O[C@@H]3O[C@H](C)C[C@H](NC)[C@H]3Oc3ccc([N+](=O)[O-])cc3)C2C)C[C@@]1(C)OC. The first-order valence-electron chi connectivity index (χ1n) is 23.1. The summed E-state index contributed by atoms with van der Waals surface area (Å²) >= 11 is 0. The van der Waals surface area contributed by atoms with E-state index in [2.05, 4.69) is 16.0 Å². The molecule has 0 aromatic heterocycles.